The lowest BCUT2D eigenvalue weighted by molar-refractivity contribution is -0.147. The van der Waals surface area contributed by atoms with E-state index in [0.29, 0.717) is 24.1 Å². The van der Waals surface area contributed by atoms with Crippen LogP contribution < -0.4 is 11.1 Å². The maximum absolute atomic E-state index is 13.4. The smallest absolute Gasteiger partial charge is 0.311 e. The van der Waals surface area contributed by atoms with Gasteiger partial charge in [-0.2, -0.15) is 0 Å². The number of hydrogen-bond acceptors (Lipinski definition) is 4. The second-order valence-corrected chi connectivity index (χ2v) is 8.52. The monoisotopic (exact) mass is 457 g/mol. The minimum absolute atomic E-state index is 0.0811. The van der Waals surface area contributed by atoms with Crippen LogP contribution in [0.25, 0.3) is 11.1 Å². The number of aromatic nitrogens is 1. The van der Waals surface area contributed by atoms with Gasteiger partial charge in [0.15, 0.2) is 0 Å². The number of hydrogen-bond donors (Lipinski definition) is 2. The molecule has 0 saturated carbocycles. The van der Waals surface area contributed by atoms with Crippen molar-refractivity contribution < 1.29 is 19.7 Å². The van der Waals surface area contributed by atoms with Crippen LogP contribution in [-0.4, -0.2) is 47.3 Å². The number of carbonyl (C=O) groups is 2. The SMILES string of the molecule is COC(=O)C(Cc1cccc(C(N)=[NH2+])c1)C1CCCN1C(=O)c1ccc(-c2cccnc2)cc1. The molecule has 7 nitrogen and oxygen atoms in total. The number of nitrogens with two attached hydrogens (primary N) is 2. The van der Waals surface area contributed by atoms with Crippen LogP contribution in [0.2, 0.25) is 0 Å². The molecule has 1 amide bonds. The molecule has 2 atom stereocenters. The number of methoxy groups -OCH3 is 1. The summed E-state index contributed by atoms with van der Waals surface area (Å²) < 4.78 is 5.14. The Labute approximate surface area is 199 Å². The third kappa shape index (κ3) is 4.98. The topological polar surface area (TPSA) is 111 Å². The maximum Gasteiger partial charge on any atom is 0.311 e. The molecule has 7 heteroatoms. The Morgan fingerprint density at radius 3 is 2.59 bits per heavy atom. The van der Waals surface area contributed by atoms with Gasteiger partial charge in [-0.15, -0.1) is 0 Å². The van der Waals surface area contributed by atoms with Crippen LogP contribution in [0, 0.1) is 5.92 Å². The van der Waals surface area contributed by atoms with Crippen molar-refractivity contribution in [3.8, 4) is 11.1 Å². The number of amidine groups is 1. The molecule has 0 radical (unpaired) electrons. The molecule has 1 aliphatic rings. The summed E-state index contributed by atoms with van der Waals surface area (Å²) in [5.41, 5.74) is 9.95. The van der Waals surface area contributed by atoms with Gasteiger partial charge in [-0.25, -0.2) is 0 Å². The summed E-state index contributed by atoms with van der Waals surface area (Å²) in [5.74, 6) is -0.668. The summed E-state index contributed by atoms with van der Waals surface area (Å²) in [6.07, 6.45) is 5.53. The number of likely N-dealkylation sites (tertiary alicyclic amines) is 1. The largest absolute Gasteiger partial charge is 0.469 e. The number of rotatable bonds is 7. The average molecular weight is 458 g/mol. The number of esters is 1. The Balaban J connectivity index is 1.56. The predicted octanol–water partition coefficient (Wildman–Crippen LogP) is 1.85. The molecule has 2 unspecified atom stereocenters. The minimum atomic E-state index is -0.486. The molecular weight excluding hydrogens is 428 g/mol. The van der Waals surface area contributed by atoms with E-state index >= 15 is 0 Å². The van der Waals surface area contributed by atoms with E-state index in [-0.39, 0.29) is 23.8 Å². The van der Waals surface area contributed by atoms with Crippen LogP contribution in [-0.2, 0) is 16.0 Å². The molecule has 1 aliphatic heterocycles. The lowest BCUT2D eigenvalue weighted by Gasteiger charge is -2.30. The van der Waals surface area contributed by atoms with Crippen molar-refractivity contribution >= 4 is 17.7 Å². The molecule has 1 aromatic heterocycles. The summed E-state index contributed by atoms with van der Waals surface area (Å²) in [6.45, 7) is 0.602. The van der Waals surface area contributed by atoms with Gasteiger partial charge in [0.2, 0.25) is 0 Å². The van der Waals surface area contributed by atoms with E-state index in [0.717, 1.165) is 29.5 Å². The number of nitrogens with zero attached hydrogens (tertiary/aromatic N) is 2. The third-order valence-corrected chi connectivity index (χ3v) is 6.37. The Morgan fingerprint density at radius 1 is 1.12 bits per heavy atom. The fraction of sp³-hybridized carbons (Fsp3) is 0.259. The molecule has 0 spiro atoms. The highest BCUT2D eigenvalue weighted by molar-refractivity contribution is 5.95. The van der Waals surface area contributed by atoms with Crippen molar-refractivity contribution in [2.24, 2.45) is 11.7 Å². The molecular formula is C27H29N4O3+. The molecule has 34 heavy (non-hydrogen) atoms. The highest BCUT2D eigenvalue weighted by atomic mass is 16.5. The first-order valence-electron chi connectivity index (χ1n) is 11.3. The second-order valence-electron chi connectivity index (χ2n) is 8.52. The van der Waals surface area contributed by atoms with Gasteiger partial charge in [0.25, 0.3) is 11.7 Å². The van der Waals surface area contributed by atoms with Crippen molar-refractivity contribution in [2.75, 3.05) is 13.7 Å². The number of carbonyl (C=O) groups excluding carboxylic acids is 2. The number of benzene rings is 2. The number of amides is 1. The van der Waals surface area contributed by atoms with Crippen LogP contribution in [0.1, 0.15) is 34.3 Å². The normalized spacial score (nSPS) is 16.1. The fourth-order valence-electron chi connectivity index (χ4n) is 4.63. The van der Waals surface area contributed by atoms with Crippen LogP contribution in [0.5, 0.6) is 0 Å². The zero-order valence-electron chi connectivity index (χ0n) is 19.2. The van der Waals surface area contributed by atoms with E-state index in [1.54, 1.807) is 12.4 Å². The van der Waals surface area contributed by atoms with Gasteiger partial charge in [0.05, 0.1) is 18.6 Å². The average Bonchev–Trinajstić information content (AvgIpc) is 3.37. The summed E-state index contributed by atoms with van der Waals surface area (Å²) in [4.78, 5) is 32.2. The van der Waals surface area contributed by atoms with Gasteiger partial charge in [-0.05, 0) is 66.3 Å². The van der Waals surface area contributed by atoms with Gasteiger partial charge in [-0.1, -0.05) is 30.3 Å². The first kappa shape index (κ1) is 23.2. The maximum atomic E-state index is 13.4. The highest BCUT2D eigenvalue weighted by Crippen LogP contribution is 2.30. The summed E-state index contributed by atoms with van der Waals surface area (Å²) in [7, 11) is 1.38. The first-order valence-corrected chi connectivity index (χ1v) is 11.3. The van der Waals surface area contributed by atoms with Crippen LogP contribution in [0.4, 0.5) is 0 Å². The zero-order valence-corrected chi connectivity index (χ0v) is 19.2. The van der Waals surface area contributed by atoms with Crippen LogP contribution >= 0.6 is 0 Å². The summed E-state index contributed by atoms with van der Waals surface area (Å²) in [6, 6.07) is 18.6. The lowest BCUT2D eigenvalue weighted by Crippen LogP contribution is -2.46. The summed E-state index contributed by atoms with van der Waals surface area (Å²) >= 11 is 0. The van der Waals surface area contributed by atoms with Crippen molar-refractivity contribution in [1.82, 2.24) is 9.88 Å². The molecule has 3 aromatic rings. The van der Waals surface area contributed by atoms with Crippen LogP contribution in [0.15, 0.2) is 73.1 Å². The molecule has 4 N–H and O–H groups in total. The van der Waals surface area contributed by atoms with Gasteiger partial charge < -0.3 is 9.64 Å². The van der Waals surface area contributed by atoms with Crippen molar-refractivity contribution in [3.63, 3.8) is 0 Å². The highest BCUT2D eigenvalue weighted by Gasteiger charge is 2.39. The minimum Gasteiger partial charge on any atom is -0.469 e. The Kier molecular flexibility index (Phi) is 7.01. The molecule has 1 saturated heterocycles. The first-order chi connectivity index (χ1) is 16.5. The molecule has 2 heterocycles. The van der Waals surface area contributed by atoms with Gasteiger partial charge in [-0.3, -0.25) is 25.7 Å². The lowest BCUT2D eigenvalue weighted by atomic mass is 9.89. The molecule has 1 fully saturated rings. The molecule has 2 aromatic carbocycles. The van der Waals surface area contributed by atoms with E-state index in [1.807, 2.05) is 65.6 Å². The Hall–Kier alpha value is -4.00. The van der Waals surface area contributed by atoms with E-state index in [9.17, 15) is 9.59 Å². The molecule has 0 bridgehead atoms. The number of pyridine rings is 1. The quantitative estimate of drug-likeness (QED) is 0.320. The second kappa shape index (κ2) is 10.3. The molecule has 0 aliphatic carbocycles. The predicted molar refractivity (Wildman–Crippen MR) is 130 cm³/mol. The number of ether oxygens (including phenoxy) is 1. The van der Waals surface area contributed by atoms with Gasteiger partial charge in [0.1, 0.15) is 0 Å². The Bertz CT molecular complexity index is 1180. The van der Waals surface area contributed by atoms with Crippen molar-refractivity contribution in [1.29, 1.82) is 0 Å². The van der Waals surface area contributed by atoms with Gasteiger partial charge >= 0.3 is 5.97 Å². The summed E-state index contributed by atoms with van der Waals surface area (Å²) in [5, 5.41) is 5.74. The van der Waals surface area contributed by atoms with E-state index in [4.69, 9.17) is 15.9 Å². The van der Waals surface area contributed by atoms with Crippen LogP contribution in [0.3, 0.4) is 0 Å². The van der Waals surface area contributed by atoms with Gasteiger partial charge in [0, 0.05) is 30.5 Å². The zero-order chi connectivity index (χ0) is 24.1. The molecule has 4 rings (SSSR count). The van der Waals surface area contributed by atoms with Crippen molar-refractivity contribution in [2.45, 2.75) is 25.3 Å². The van der Waals surface area contributed by atoms with E-state index in [2.05, 4.69) is 4.98 Å². The fourth-order valence-corrected chi connectivity index (χ4v) is 4.63. The van der Waals surface area contributed by atoms with E-state index < -0.39 is 5.92 Å². The Morgan fingerprint density at radius 2 is 1.91 bits per heavy atom. The molecule has 174 valence electrons. The van der Waals surface area contributed by atoms with Crippen molar-refractivity contribution in [3.05, 3.63) is 89.7 Å². The van der Waals surface area contributed by atoms with E-state index in [1.165, 1.54) is 7.11 Å². The standard InChI is InChI=1S/C27H28N4O3/c1-34-27(33)23(16-18-5-2-6-21(15-18)25(28)29)24-8-4-14-31(24)26(32)20-11-9-19(10-12-20)22-7-3-13-30-17-22/h2-3,5-7,9-13,15,17,23-24H,4,8,14,16H2,1H3,(H3,28,29)/p+1. The third-order valence-electron chi connectivity index (χ3n) is 6.37.